The zero-order valence-electron chi connectivity index (χ0n) is 22.5. The second-order valence-electron chi connectivity index (χ2n) is 9.95. The van der Waals surface area contributed by atoms with Crippen molar-refractivity contribution in [1.29, 1.82) is 0 Å². The van der Waals surface area contributed by atoms with E-state index < -0.39 is 23.2 Å². The zero-order chi connectivity index (χ0) is 29.0. The molecule has 1 atom stereocenters. The topological polar surface area (TPSA) is 86.2 Å². The molecule has 1 N–H and O–H groups in total. The van der Waals surface area contributed by atoms with Crippen molar-refractivity contribution in [2.75, 3.05) is 52.8 Å². The van der Waals surface area contributed by atoms with Gasteiger partial charge in [-0.2, -0.15) is 13.2 Å². The molecule has 0 bridgehead atoms. The minimum absolute atomic E-state index is 0.0694. The van der Waals surface area contributed by atoms with Crippen molar-refractivity contribution in [2.45, 2.75) is 37.5 Å². The number of alkyl halides is 3. The number of nitrogens with zero attached hydrogens (tertiary/aromatic N) is 4. The van der Waals surface area contributed by atoms with E-state index in [-0.39, 0.29) is 23.4 Å². The number of piperidine rings is 1. The Kier molecular flexibility index (Phi) is 9.71. The van der Waals surface area contributed by atoms with Crippen LogP contribution in [0.5, 0.6) is 5.75 Å². The molecule has 1 aliphatic rings. The highest BCUT2D eigenvalue weighted by atomic mass is 35.5. The number of methoxy groups -OCH3 is 1. The lowest BCUT2D eigenvalue weighted by molar-refractivity contribution is -0.261. The Bertz CT molecular complexity index is 1170. The number of aromatic nitrogens is 1. The normalized spacial score (nSPS) is 16.0. The van der Waals surface area contributed by atoms with Crippen LogP contribution in [0.1, 0.15) is 41.6 Å². The third-order valence-electron chi connectivity index (χ3n) is 7.07. The Morgan fingerprint density at radius 3 is 2.38 bits per heavy atom. The summed E-state index contributed by atoms with van der Waals surface area (Å²) in [6.07, 6.45) is -2.33. The number of carbonyl (C=O) groups is 2. The Morgan fingerprint density at radius 1 is 1.15 bits per heavy atom. The van der Waals surface area contributed by atoms with Crippen molar-refractivity contribution in [3.05, 3.63) is 52.7 Å². The number of rotatable bonds is 9. The average Bonchev–Trinajstić information content (AvgIpc) is 2.91. The Balaban J connectivity index is 1.55. The number of anilines is 1. The molecule has 0 aliphatic carbocycles. The van der Waals surface area contributed by atoms with Crippen molar-refractivity contribution < 1.29 is 32.6 Å². The van der Waals surface area contributed by atoms with Gasteiger partial charge in [0.1, 0.15) is 16.7 Å². The average molecular weight is 571 g/mol. The van der Waals surface area contributed by atoms with E-state index in [0.29, 0.717) is 36.8 Å². The first-order chi connectivity index (χ1) is 18.3. The summed E-state index contributed by atoms with van der Waals surface area (Å²) in [6.45, 7) is 1.50. The summed E-state index contributed by atoms with van der Waals surface area (Å²) in [4.78, 5) is 33.9. The van der Waals surface area contributed by atoms with Crippen LogP contribution >= 0.6 is 11.6 Å². The maximum absolute atomic E-state index is 14.0. The van der Waals surface area contributed by atoms with Gasteiger partial charge in [-0.05, 0) is 55.9 Å². The maximum Gasteiger partial charge on any atom is 0.430 e. The molecule has 1 fully saturated rings. The Hall–Kier alpha value is -3.05. The number of hydrogen-bond acceptors (Lipinski definition) is 6. The summed E-state index contributed by atoms with van der Waals surface area (Å²) in [7, 11) is 5.84. The smallest absolute Gasteiger partial charge is 0.430 e. The molecule has 1 aliphatic heterocycles. The van der Waals surface area contributed by atoms with Gasteiger partial charge in [-0.25, -0.2) is 4.98 Å². The van der Waals surface area contributed by atoms with Crippen LogP contribution in [-0.2, 0) is 10.4 Å². The van der Waals surface area contributed by atoms with E-state index in [0.717, 1.165) is 36.3 Å². The standard InChI is InChI=1S/C27H34ClF3N4O4/c1-33(2)24(36)21-10-11-22(32-23(21)28)35-15-12-18(13-16-35)7-6-14-34(3)25(37)26(38,27(29,30)31)19-8-5-9-20(17-19)39-4/h5,8-11,17-18,38H,6-7,12-16H2,1-4H3/t26-/m1/s1. The van der Waals surface area contributed by atoms with Crippen molar-refractivity contribution in [3.63, 3.8) is 0 Å². The van der Waals surface area contributed by atoms with Gasteiger partial charge in [0.2, 0.25) is 0 Å². The van der Waals surface area contributed by atoms with Gasteiger partial charge < -0.3 is 24.5 Å². The summed E-state index contributed by atoms with van der Waals surface area (Å²) in [5.41, 5.74) is -3.93. The molecule has 39 heavy (non-hydrogen) atoms. The van der Waals surface area contributed by atoms with Crippen molar-refractivity contribution in [1.82, 2.24) is 14.8 Å². The predicted molar refractivity (Wildman–Crippen MR) is 142 cm³/mol. The molecule has 12 heteroatoms. The highest BCUT2D eigenvalue weighted by Gasteiger charge is 2.61. The van der Waals surface area contributed by atoms with Crippen LogP contribution < -0.4 is 9.64 Å². The minimum Gasteiger partial charge on any atom is -0.497 e. The molecule has 0 spiro atoms. The number of benzene rings is 1. The fraction of sp³-hybridized carbons (Fsp3) is 0.519. The molecular weight excluding hydrogens is 537 g/mol. The van der Waals surface area contributed by atoms with Crippen LogP contribution in [0.25, 0.3) is 0 Å². The van der Waals surface area contributed by atoms with Crippen molar-refractivity contribution >= 4 is 29.2 Å². The molecule has 3 rings (SSSR count). The van der Waals surface area contributed by atoms with E-state index in [2.05, 4.69) is 9.88 Å². The quantitative estimate of drug-likeness (QED) is 0.451. The SMILES string of the molecule is COc1cccc([C@@](O)(C(=O)N(C)CCCC2CCN(c3ccc(C(=O)N(C)C)c(Cl)n3)CC2)C(F)(F)F)c1. The lowest BCUT2D eigenvalue weighted by Crippen LogP contribution is -2.55. The van der Waals surface area contributed by atoms with Crippen molar-refractivity contribution in [2.24, 2.45) is 5.92 Å². The first-order valence-electron chi connectivity index (χ1n) is 12.6. The van der Waals surface area contributed by atoms with E-state index in [1.165, 1.54) is 31.2 Å². The number of carbonyl (C=O) groups excluding carboxylic acids is 2. The predicted octanol–water partition coefficient (Wildman–Crippen LogP) is 4.35. The maximum atomic E-state index is 14.0. The largest absolute Gasteiger partial charge is 0.497 e. The molecule has 8 nitrogen and oxygen atoms in total. The highest BCUT2D eigenvalue weighted by molar-refractivity contribution is 6.32. The van der Waals surface area contributed by atoms with Crippen LogP contribution in [-0.4, -0.2) is 85.8 Å². The number of likely N-dealkylation sites (N-methyl/N-ethyl adjacent to an activating group) is 1. The Morgan fingerprint density at radius 2 is 1.82 bits per heavy atom. The zero-order valence-corrected chi connectivity index (χ0v) is 23.2. The van der Waals surface area contributed by atoms with Gasteiger partial charge in [-0.1, -0.05) is 23.7 Å². The van der Waals surface area contributed by atoms with Gasteiger partial charge in [-0.15, -0.1) is 0 Å². The minimum atomic E-state index is -5.22. The molecular formula is C27H34ClF3N4O4. The number of halogens is 4. The number of hydrogen-bond donors (Lipinski definition) is 1. The van der Waals surface area contributed by atoms with E-state index >= 15 is 0 Å². The number of amides is 2. The summed E-state index contributed by atoms with van der Waals surface area (Å²) < 4.78 is 46.9. The van der Waals surface area contributed by atoms with Crippen LogP contribution in [0.2, 0.25) is 5.15 Å². The molecule has 214 valence electrons. The van der Waals surface area contributed by atoms with Gasteiger partial charge in [-0.3, -0.25) is 9.59 Å². The van der Waals surface area contributed by atoms with E-state index in [9.17, 15) is 27.9 Å². The third-order valence-corrected chi connectivity index (χ3v) is 7.36. The van der Waals surface area contributed by atoms with Gasteiger partial charge >= 0.3 is 6.18 Å². The second kappa shape index (κ2) is 12.4. The number of ether oxygens (including phenoxy) is 1. The highest BCUT2D eigenvalue weighted by Crippen LogP contribution is 2.41. The van der Waals surface area contributed by atoms with Crippen molar-refractivity contribution in [3.8, 4) is 5.75 Å². The Labute approximate surface area is 231 Å². The fourth-order valence-electron chi connectivity index (χ4n) is 4.70. The lowest BCUT2D eigenvalue weighted by atomic mass is 9.90. The molecule has 0 radical (unpaired) electrons. The van der Waals surface area contributed by atoms with E-state index in [1.54, 1.807) is 26.2 Å². The first kappa shape index (κ1) is 30.5. The van der Waals surface area contributed by atoms with Crippen LogP contribution in [0.3, 0.4) is 0 Å². The van der Waals surface area contributed by atoms with Crippen LogP contribution in [0, 0.1) is 5.92 Å². The lowest BCUT2D eigenvalue weighted by Gasteiger charge is -2.34. The van der Waals surface area contributed by atoms with Gasteiger partial charge in [0, 0.05) is 46.3 Å². The van der Waals surface area contributed by atoms with Crippen LogP contribution in [0.4, 0.5) is 19.0 Å². The van der Waals surface area contributed by atoms with E-state index in [4.69, 9.17) is 16.3 Å². The molecule has 2 heterocycles. The second-order valence-corrected chi connectivity index (χ2v) is 10.3. The molecule has 2 amide bonds. The molecule has 1 saturated heterocycles. The summed E-state index contributed by atoms with van der Waals surface area (Å²) in [5.74, 6) is -0.541. The third kappa shape index (κ3) is 6.75. The molecule has 1 aromatic heterocycles. The molecule has 1 aromatic carbocycles. The van der Waals surface area contributed by atoms with Gasteiger partial charge in [0.25, 0.3) is 17.4 Å². The monoisotopic (exact) mass is 570 g/mol. The first-order valence-corrected chi connectivity index (χ1v) is 13.0. The number of aliphatic hydroxyl groups is 1. The van der Waals surface area contributed by atoms with Gasteiger partial charge in [0.15, 0.2) is 0 Å². The molecule has 2 aromatic rings. The summed E-state index contributed by atoms with van der Waals surface area (Å²) in [6, 6.07) is 8.25. The summed E-state index contributed by atoms with van der Waals surface area (Å²) >= 11 is 6.24. The fourth-order valence-corrected chi connectivity index (χ4v) is 4.93. The van der Waals surface area contributed by atoms with Crippen LogP contribution in [0.15, 0.2) is 36.4 Å². The molecule has 0 saturated carbocycles. The molecule has 0 unspecified atom stereocenters. The van der Waals surface area contributed by atoms with E-state index in [1.807, 2.05) is 0 Å². The van der Waals surface area contributed by atoms with Gasteiger partial charge in [0.05, 0.1) is 12.7 Å². The number of pyridine rings is 1. The summed E-state index contributed by atoms with van der Waals surface area (Å²) in [5, 5.41) is 10.8.